The minimum Gasteiger partial charge on any atom is -0.333 e. The lowest BCUT2D eigenvalue weighted by Gasteiger charge is -2.25. The van der Waals surface area contributed by atoms with Crippen LogP contribution < -0.4 is 10.2 Å². The Kier molecular flexibility index (Phi) is 6.63. The highest BCUT2D eigenvalue weighted by Crippen LogP contribution is 2.22. The van der Waals surface area contributed by atoms with E-state index in [1.165, 1.54) is 12.1 Å². The first kappa shape index (κ1) is 19.9. The minimum atomic E-state index is -0.340. The predicted molar refractivity (Wildman–Crippen MR) is 107 cm³/mol. The maximum Gasteiger partial charge on any atom is 0.317 e. The Morgan fingerprint density at radius 1 is 1.18 bits per heavy atom. The molecule has 0 radical (unpaired) electrons. The smallest absolute Gasteiger partial charge is 0.317 e. The molecule has 3 amide bonds. The number of nitrogens with one attached hydrogen (secondary N) is 1. The topological polar surface area (TPSA) is 52.7 Å². The van der Waals surface area contributed by atoms with E-state index in [0.717, 1.165) is 18.4 Å². The number of amides is 3. The summed E-state index contributed by atoms with van der Waals surface area (Å²) in [5, 5.41) is 3.00. The third kappa shape index (κ3) is 5.09. The van der Waals surface area contributed by atoms with Gasteiger partial charge in [0.25, 0.3) is 0 Å². The van der Waals surface area contributed by atoms with Crippen LogP contribution >= 0.6 is 0 Å². The van der Waals surface area contributed by atoms with E-state index in [-0.39, 0.29) is 30.2 Å². The molecule has 0 saturated carbocycles. The van der Waals surface area contributed by atoms with Gasteiger partial charge in [0.1, 0.15) is 5.82 Å². The molecule has 1 unspecified atom stereocenters. The Morgan fingerprint density at radius 2 is 1.89 bits per heavy atom. The Morgan fingerprint density at radius 3 is 2.57 bits per heavy atom. The highest BCUT2D eigenvalue weighted by molar-refractivity contribution is 5.96. The molecule has 0 bridgehead atoms. The molecule has 2 aromatic carbocycles. The molecule has 6 heteroatoms. The standard InChI is InChI=1S/C22H26FN3O2/c1-2-3-13-25(15-17-7-5-4-6-8-17)22(28)24-19-14-21(27)26(16-19)20-11-9-18(23)10-12-20/h4-12,19H,2-3,13-16H2,1H3,(H,24,28). The van der Waals surface area contributed by atoms with E-state index >= 15 is 0 Å². The lowest BCUT2D eigenvalue weighted by Crippen LogP contribution is -2.45. The molecule has 1 heterocycles. The van der Waals surface area contributed by atoms with Crippen molar-refractivity contribution in [2.45, 2.75) is 38.8 Å². The van der Waals surface area contributed by atoms with Crippen LogP contribution in [0.3, 0.4) is 0 Å². The number of hydrogen-bond donors (Lipinski definition) is 1. The summed E-state index contributed by atoms with van der Waals surface area (Å²) in [6.45, 7) is 3.69. The number of carbonyl (C=O) groups excluding carboxylic acids is 2. The molecular formula is C22H26FN3O2. The van der Waals surface area contributed by atoms with Crippen LogP contribution in [0.2, 0.25) is 0 Å². The first-order valence-electron chi connectivity index (χ1n) is 9.72. The number of unbranched alkanes of at least 4 members (excludes halogenated alkanes) is 1. The van der Waals surface area contributed by atoms with Gasteiger partial charge < -0.3 is 15.1 Å². The van der Waals surface area contributed by atoms with Crippen molar-refractivity contribution in [1.82, 2.24) is 10.2 Å². The molecule has 1 saturated heterocycles. The van der Waals surface area contributed by atoms with Crippen molar-refractivity contribution in [3.05, 3.63) is 66.0 Å². The predicted octanol–water partition coefficient (Wildman–Crippen LogP) is 3.94. The second-order valence-electron chi connectivity index (χ2n) is 7.09. The number of carbonyl (C=O) groups is 2. The molecule has 1 aliphatic rings. The minimum absolute atomic E-state index is 0.0694. The van der Waals surface area contributed by atoms with E-state index in [1.54, 1.807) is 21.9 Å². The number of urea groups is 1. The first-order valence-corrected chi connectivity index (χ1v) is 9.72. The SMILES string of the molecule is CCCCN(Cc1ccccc1)C(=O)NC1CC(=O)N(c2ccc(F)cc2)C1. The van der Waals surface area contributed by atoms with Crippen LogP contribution in [0.4, 0.5) is 14.9 Å². The van der Waals surface area contributed by atoms with Crippen LogP contribution in [0.25, 0.3) is 0 Å². The highest BCUT2D eigenvalue weighted by atomic mass is 19.1. The van der Waals surface area contributed by atoms with Gasteiger partial charge in [0.05, 0.1) is 6.04 Å². The summed E-state index contributed by atoms with van der Waals surface area (Å²) in [7, 11) is 0. The van der Waals surface area contributed by atoms with Gasteiger partial charge in [-0.05, 0) is 36.2 Å². The molecule has 0 aromatic heterocycles. The summed E-state index contributed by atoms with van der Waals surface area (Å²) in [5.41, 5.74) is 1.72. The number of benzene rings is 2. The quantitative estimate of drug-likeness (QED) is 0.787. The Balaban J connectivity index is 1.62. The third-order valence-electron chi connectivity index (χ3n) is 4.88. The molecule has 1 atom stereocenters. The molecule has 148 valence electrons. The van der Waals surface area contributed by atoms with Crippen molar-refractivity contribution < 1.29 is 14.0 Å². The molecule has 5 nitrogen and oxygen atoms in total. The number of halogens is 1. The molecule has 3 rings (SSSR count). The van der Waals surface area contributed by atoms with Gasteiger partial charge in [0, 0.05) is 31.7 Å². The molecule has 2 aromatic rings. The van der Waals surface area contributed by atoms with Gasteiger partial charge in [-0.2, -0.15) is 0 Å². The number of nitrogens with zero attached hydrogens (tertiary/aromatic N) is 2. The summed E-state index contributed by atoms with van der Waals surface area (Å²) in [6.07, 6.45) is 2.17. The van der Waals surface area contributed by atoms with Crippen LogP contribution in [-0.4, -0.2) is 36.0 Å². The van der Waals surface area contributed by atoms with E-state index in [1.807, 2.05) is 30.3 Å². The Bertz CT molecular complexity index is 795. The normalized spacial score (nSPS) is 16.3. The van der Waals surface area contributed by atoms with Crippen LogP contribution in [-0.2, 0) is 11.3 Å². The maximum absolute atomic E-state index is 13.1. The fraction of sp³-hybridized carbons (Fsp3) is 0.364. The summed E-state index contributed by atoms with van der Waals surface area (Å²) in [6, 6.07) is 15.3. The second-order valence-corrected chi connectivity index (χ2v) is 7.09. The van der Waals surface area contributed by atoms with Gasteiger partial charge >= 0.3 is 6.03 Å². The van der Waals surface area contributed by atoms with Crippen LogP contribution in [0.15, 0.2) is 54.6 Å². The number of anilines is 1. The number of hydrogen-bond acceptors (Lipinski definition) is 2. The zero-order valence-corrected chi connectivity index (χ0v) is 16.1. The van der Waals surface area contributed by atoms with Crippen molar-refractivity contribution >= 4 is 17.6 Å². The van der Waals surface area contributed by atoms with Crippen molar-refractivity contribution in [2.75, 3.05) is 18.0 Å². The fourth-order valence-electron chi connectivity index (χ4n) is 3.35. The van der Waals surface area contributed by atoms with Crippen molar-refractivity contribution in [3.8, 4) is 0 Å². The highest BCUT2D eigenvalue weighted by Gasteiger charge is 2.32. The van der Waals surface area contributed by atoms with Gasteiger partial charge in [-0.1, -0.05) is 43.7 Å². The lowest BCUT2D eigenvalue weighted by molar-refractivity contribution is -0.117. The molecule has 1 aliphatic heterocycles. The van der Waals surface area contributed by atoms with Crippen molar-refractivity contribution in [3.63, 3.8) is 0 Å². The summed E-state index contributed by atoms with van der Waals surface area (Å²) >= 11 is 0. The lowest BCUT2D eigenvalue weighted by atomic mass is 10.2. The average Bonchev–Trinajstić information content (AvgIpc) is 3.06. The molecule has 0 aliphatic carbocycles. The monoisotopic (exact) mass is 383 g/mol. The zero-order valence-electron chi connectivity index (χ0n) is 16.1. The van der Waals surface area contributed by atoms with Gasteiger partial charge in [0.2, 0.25) is 5.91 Å². The van der Waals surface area contributed by atoms with Gasteiger partial charge in [0.15, 0.2) is 0 Å². The van der Waals surface area contributed by atoms with Crippen LogP contribution in [0.5, 0.6) is 0 Å². The summed E-state index contributed by atoms with van der Waals surface area (Å²) in [4.78, 5) is 28.6. The van der Waals surface area contributed by atoms with Crippen molar-refractivity contribution in [2.24, 2.45) is 0 Å². The molecular weight excluding hydrogens is 357 g/mol. The Labute approximate surface area is 165 Å². The van der Waals surface area contributed by atoms with Crippen LogP contribution in [0, 0.1) is 5.82 Å². The van der Waals surface area contributed by atoms with Crippen LogP contribution in [0.1, 0.15) is 31.7 Å². The fourth-order valence-corrected chi connectivity index (χ4v) is 3.35. The van der Waals surface area contributed by atoms with E-state index < -0.39 is 0 Å². The zero-order chi connectivity index (χ0) is 19.9. The third-order valence-corrected chi connectivity index (χ3v) is 4.88. The number of rotatable bonds is 7. The van der Waals surface area contributed by atoms with E-state index in [2.05, 4.69) is 12.2 Å². The van der Waals surface area contributed by atoms with Gasteiger partial charge in [-0.3, -0.25) is 4.79 Å². The van der Waals surface area contributed by atoms with Crippen molar-refractivity contribution in [1.29, 1.82) is 0 Å². The Hall–Kier alpha value is -2.89. The summed E-state index contributed by atoms with van der Waals surface area (Å²) in [5.74, 6) is -0.409. The largest absolute Gasteiger partial charge is 0.333 e. The molecule has 1 N–H and O–H groups in total. The first-order chi connectivity index (χ1) is 13.6. The van der Waals surface area contributed by atoms with Gasteiger partial charge in [-0.25, -0.2) is 9.18 Å². The maximum atomic E-state index is 13.1. The molecule has 1 fully saturated rings. The average molecular weight is 383 g/mol. The molecule has 0 spiro atoms. The second kappa shape index (κ2) is 9.35. The summed E-state index contributed by atoms with van der Waals surface area (Å²) < 4.78 is 13.1. The molecule has 28 heavy (non-hydrogen) atoms. The van der Waals surface area contributed by atoms with E-state index in [9.17, 15) is 14.0 Å². The van der Waals surface area contributed by atoms with Gasteiger partial charge in [-0.15, -0.1) is 0 Å². The van der Waals surface area contributed by atoms with E-state index in [0.29, 0.717) is 25.3 Å². The van der Waals surface area contributed by atoms with E-state index in [4.69, 9.17) is 0 Å².